The number of halogens is 3. The van der Waals surface area contributed by atoms with E-state index in [0.29, 0.717) is 24.3 Å². The molecule has 2 heterocycles. The molecule has 0 saturated carbocycles. The third-order valence-corrected chi connectivity index (χ3v) is 3.50. The minimum absolute atomic E-state index is 0.174. The minimum Gasteiger partial charge on any atom is -0.489 e. The lowest BCUT2D eigenvalue weighted by Crippen LogP contribution is -2.29. The summed E-state index contributed by atoms with van der Waals surface area (Å²) in [6, 6.07) is 6.12. The summed E-state index contributed by atoms with van der Waals surface area (Å²) in [5, 5.41) is 12.2. The van der Waals surface area contributed by atoms with E-state index in [9.17, 15) is 18.0 Å². The molecule has 128 valence electrons. The Morgan fingerprint density at radius 3 is 2.58 bits per heavy atom. The van der Waals surface area contributed by atoms with Gasteiger partial charge in [0.1, 0.15) is 11.9 Å². The lowest BCUT2D eigenvalue weighted by molar-refractivity contribution is -0.159. The first-order valence-corrected chi connectivity index (χ1v) is 6.99. The van der Waals surface area contributed by atoms with Crippen molar-refractivity contribution in [2.75, 3.05) is 13.1 Å². The van der Waals surface area contributed by atoms with E-state index in [1.165, 1.54) is 17.0 Å². The van der Waals surface area contributed by atoms with Crippen LogP contribution < -0.4 is 4.74 Å². The van der Waals surface area contributed by atoms with Crippen LogP contribution in [-0.2, 0) is 6.18 Å². The quantitative estimate of drug-likeness (QED) is 0.922. The fraction of sp³-hybridized carbons (Fsp3) is 0.357. The van der Waals surface area contributed by atoms with E-state index >= 15 is 0 Å². The Morgan fingerprint density at radius 1 is 1.33 bits per heavy atom. The Kier molecular flexibility index (Phi) is 4.04. The van der Waals surface area contributed by atoms with E-state index in [0.717, 1.165) is 0 Å². The van der Waals surface area contributed by atoms with Gasteiger partial charge in [0, 0.05) is 18.5 Å². The average molecular weight is 343 g/mol. The normalized spacial score (nSPS) is 18.0. The molecular formula is C14H12F3N3O4. The second kappa shape index (κ2) is 6.02. The number of rotatable bonds is 3. The largest absolute Gasteiger partial charge is 0.489 e. The number of alkyl halides is 3. The van der Waals surface area contributed by atoms with E-state index in [-0.39, 0.29) is 18.5 Å². The van der Waals surface area contributed by atoms with Crippen LogP contribution in [0, 0.1) is 0 Å². The van der Waals surface area contributed by atoms with Gasteiger partial charge in [0.05, 0.1) is 6.54 Å². The number of ether oxygens (including phenoxy) is 1. The Labute approximate surface area is 133 Å². The third kappa shape index (κ3) is 3.42. The second-order valence-corrected chi connectivity index (χ2v) is 5.20. The van der Waals surface area contributed by atoms with Gasteiger partial charge in [-0.1, -0.05) is 5.16 Å². The van der Waals surface area contributed by atoms with Gasteiger partial charge in [0.2, 0.25) is 5.82 Å². The molecule has 1 N–H and O–H groups in total. The molecule has 1 amide bonds. The van der Waals surface area contributed by atoms with Crippen LogP contribution in [0.15, 0.2) is 28.8 Å². The van der Waals surface area contributed by atoms with E-state index < -0.39 is 18.2 Å². The van der Waals surface area contributed by atoms with Gasteiger partial charge in [-0.25, -0.2) is 4.79 Å². The number of likely N-dealkylation sites (tertiary alicyclic amines) is 1. The van der Waals surface area contributed by atoms with Crippen molar-refractivity contribution in [3.05, 3.63) is 30.2 Å². The molecule has 1 saturated heterocycles. The van der Waals surface area contributed by atoms with Crippen LogP contribution in [0.2, 0.25) is 0 Å². The molecule has 0 bridgehead atoms. The van der Waals surface area contributed by atoms with Gasteiger partial charge >= 0.3 is 18.2 Å². The fourth-order valence-electron chi connectivity index (χ4n) is 2.33. The molecule has 1 unspecified atom stereocenters. The number of nitrogens with zero attached hydrogens (tertiary/aromatic N) is 3. The number of carboxylic acid groups (broad SMARTS) is 1. The average Bonchev–Trinajstić information content (AvgIpc) is 3.16. The zero-order valence-electron chi connectivity index (χ0n) is 12.2. The molecule has 1 aliphatic heterocycles. The summed E-state index contributed by atoms with van der Waals surface area (Å²) in [6.45, 7) is 0.679. The molecule has 0 aliphatic carbocycles. The Bertz CT molecular complexity index is 730. The summed E-state index contributed by atoms with van der Waals surface area (Å²) in [5.41, 5.74) is 0.347. The van der Waals surface area contributed by atoms with E-state index in [1.54, 1.807) is 12.1 Å². The minimum atomic E-state index is -4.69. The Morgan fingerprint density at radius 2 is 2.04 bits per heavy atom. The summed E-state index contributed by atoms with van der Waals surface area (Å²) in [6.07, 6.45) is -5.36. The van der Waals surface area contributed by atoms with Crippen molar-refractivity contribution in [1.29, 1.82) is 0 Å². The van der Waals surface area contributed by atoms with E-state index in [2.05, 4.69) is 14.7 Å². The van der Waals surface area contributed by atoms with Crippen molar-refractivity contribution < 1.29 is 32.3 Å². The van der Waals surface area contributed by atoms with Crippen LogP contribution in [0.1, 0.15) is 12.3 Å². The van der Waals surface area contributed by atoms with Gasteiger partial charge in [-0.05, 0) is 24.3 Å². The molecule has 1 aromatic carbocycles. The zero-order chi connectivity index (χ0) is 17.3. The standard InChI is InChI=1S/C14H12F3N3O4/c15-14(16,17)12-18-11(19-24-12)8-1-3-9(4-2-8)23-10-5-6-20(7-10)13(21)22/h1-4,10H,5-7H2,(H,21,22). The number of hydrogen-bond donors (Lipinski definition) is 1. The van der Waals surface area contributed by atoms with Gasteiger partial charge < -0.3 is 19.3 Å². The van der Waals surface area contributed by atoms with Gasteiger partial charge in [-0.2, -0.15) is 18.2 Å². The number of benzene rings is 1. The number of amides is 1. The monoisotopic (exact) mass is 343 g/mol. The lowest BCUT2D eigenvalue weighted by Gasteiger charge is -2.14. The van der Waals surface area contributed by atoms with Crippen molar-refractivity contribution in [3.63, 3.8) is 0 Å². The fourth-order valence-corrected chi connectivity index (χ4v) is 2.33. The van der Waals surface area contributed by atoms with Gasteiger partial charge in [-0.15, -0.1) is 0 Å². The van der Waals surface area contributed by atoms with Crippen LogP contribution in [0.4, 0.5) is 18.0 Å². The second-order valence-electron chi connectivity index (χ2n) is 5.20. The molecular weight excluding hydrogens is 331 g/mol. The van der Waals surface area contributed by atoms with E-state index in [1.807, 2.05) is 0 Å². The van der Waals surface area contributed by atoms with E-state index in [4.69, 9.17) is 9.84 Å². The maximum Gasteiger partial charge on any atom is 0.471 e. The summed E-state index contributed by atoms with van der Waals surface area (Å²) in [4.78, 5) is 15.4. The summed E-state index contributed by atoms with van der Waals surface area (Å²) in [7, 11) is 0. The van der Waals surface area contributed by atoms with Crippen LogP contribution in [-0.4, -0.2) is 45.4 Å². The highest BCUT2D eigenvalue weighted by atomic mass is 19.4. The SMILES string of the molecule is O=C(O)N1CCC(Oc2ccc(-c3noc(C(F)(F)F)n3)cc2)C1. The van der Waals surface area contributed by atoms with Crippen LogP contribution in [0.3, 0.4) is 0 Å². The zero-order valence-corrected chi connectivity index (χ0v) is 12.2. The lowest BCUT2D eigenvalue weighted by atomic mass is 10.2. The number of aromatic nitrogens is 2. The predicted molar refractivity (Wildman–Crippen MR) is 73.4 cm³/mol. The highest BCUT2D eigenvalue weighted by Gasteiger charge is 2.38. The van der Waals surface area contributed by atoms with Crippen molar-refractivity contribution in [1.82, 2.24) is 15.0 Å². The maximum atomic E-state index is 12.4. The van der Waals surface area contributed by atoms with Crippen LogP contribution >= 0.6 is 0 Å². The maximum absolute atomic E-state index is 12.4. The Balaban J connectivity index is 1.66. The number of hydrogen-bond acceptors (Lipinski definition) is 5. The highest BCUT2D eigenvalue weighted by molar-refractivity contribution is 5.65. The molecule has 1 aliphatic rings. The van der Waals surface area contributed by atoms with Gasteiger partial charge in [-0.3, -0.25) is 0 Å². The van der Waals surface area contributed by atoms with Crippen LogP contribution in [0.25, 0.3) is 11.4 Å². The molecule has 7 nitrogen and oxygen atoms in total. The summed E-state index contributed by atoms with van der Waals surface area (Å²) < 4.78 is 47.1. The first-order valence-electron chi connectivity index (χ1n) is 6.99. The topological polar surface area (TPSA) is 88.7 Å². The molecule has 2 aromatic rings. The molecule has 3 rings (SSSR count). The molecule has 1 aromatic heterocycles. The predicted octanol–water partition coefficient (Wildman–Crippen LogP) is 2.89. The smallest absolute Gasteiger partial charge is 0.471 e. The summed E-state index contributed by atoms with van der Waals surface area (Å²) in [5.74, 6) is -1.10. The van der Waals surface area contributed by atoms with Crippen molar-refractivity contribution in [2.45, 2.75) is 18.7 Å². The molecule has 0 spiro atoms. The van der Waals surface area contributed by atoms with Crippen molar-refractivity contribution in [2.24, 2.45) is 0 Å². The molecule has 0 radical (unpaired) electrons. The van der Waals surface area contributed by atoms with Gasteiger partial charge in [0.15, 0.2) is 0 Å². The highest BCUT2D eigenvalue weighted by Crippen LogP contribution is 2.30. The molecule has 1 fully saturated rings. The first-order chi connectivity index (χ1) is 11.3. The summed E-state index contributed by atoms with van der Waals surface area (Å²) >= 11 is 0. The Hall–Kier alpha value is -2.78. The van der Waals surface area contributed by atoms with Gasteiger partial charge in [0.25, 0.3) is 0 Å². The first kappa shape index (κ1) is 16.1. The number of carbonyl (C=O) groups is 1. The van der Waals surface area contributed by atoms with Crippen molar-refractivity contribution in [3.8, 4) is 17.1 Å². The van der Waals surface area contributed by atoms with Crippen LogP contribution in [0.5, 0.6) is 5.75 Å². The van der Waals surface area contributed by atoms with Crippen molar-refractivity contribution >= 4 is 6.09 Å². The third-order valence-electron chi connectivity index (χ3n) is 3.50. The molecule has 1 atom stereocenters. The molecule has 10 heteroatoms. The molecule has 24 heavy (non-hydrogen) atoms.